The summed E-state index contributed by atoms with van der Waals surface area (Å²) in [6.07, 6.45) is 44.3. The fraction of sp³-hybridized carbons (Fsp3) is 0.938. The van der Waals surface area contributed by atoms with Crippen LogP contribution in [0, 0.1) is 0 Å². The van der Waals surface area contributed by atoms with Crippen molar-refractivity contribution < 1.29 is 0 Å². The van der Waals surface area contributed by atoms with Crippen molar-refractivity contribution >= 4 is 13.4 Å². The Morgan fingerprint density at radius 3 is 1.03 bits per heavy atom. The Hall–Kier alpha value is -0.130. The summed E-state index contributed by atoms with van der Waals surface area (Å²) in [5.74, 6) is 4.50. The number of hydrogen-bond acceptors (Lipinski definition) is 0. The van der Waals surface area contributed by atoms with Crippen molar-refractivity contribution in [3.63, 3.8) is 0 Å². The topological polar surface area (TPSA) is 0 Å². The van der Waals surface area contributed by atoms with E-state index in [1.54, 1.807) is 89.7 Å². The maximum atomic E-state index is 2.49. The van der Waals surface area contributed by atoms with E-state index in [4.69, 9.17) is 0 Å². The van der Waals surface area contributed by atoms with Gasteiger partial charge in [0.1, 0.15) is 13.4 Å². The van der Waals surface area contributed by atoms with E-state index in [-0.39, 0.29) is 0 Å². The molecule has 0 saturated carbocycles. The summed E-state index contributed by atoms with van der Waals surface area (Å²) in [6.45, 7) is 2.25. The van der Waals surface area contributed by atoms with Crippen LogP contribution in [-0.2, 0) is 0 Å². The molecule has 0 amide bonds. The van der Waals surface area contributed by atoms with Gasteiger partial charge in [-0.2, -0.15) is 0 Å². The molecule has 4 heterocycles. The van der Waals surface area contributed by atoms with Crippen molar-refractivity contribution in [2.45, 2.75) is 190 Å². The van der Waals surface area contributed by atoms with Crippen molar-refractivity contribution in [2.75, 3.05) is 0 Å². The molecule has 4 aliphatic rings. The summed E-state index contributed by atoms with van der Waals surface area (Å²) in [7, 11) is 0. The van der Waals surface area contributed by atoms with Crippen LogP contribution < -0.4 is 0 Å². The molecule has 4 fully saturated rings. The fourth-order valence-electron chi connectivity index (χ4n) is 9.15. The van der Waals surface area contributed by atoms with E-state index in [1.165, 1.54) is 77.0 Å². The van der Waals surface area contributed by atoms with E-state index in [1.807, 2.05) is 0 Å². The van der Waals surface area contributed by atoms with Crippen molar-refractivity contribution in [2.24, 2.45) is 0 Å². The molecule has 34 heavy (non-hydrogen) atoms. The summed E-state index contributed by atoms with van der Waals surface area (Å²) in [4.78, 5) is 0. The second-order valence-corrected chi connectivity index (χ2v) is 13.3. The van der Waals surface area contributed by atoms with Gasteiger partial charge in [-0.05, 0) is 25.7 Å². The second kappa shape index (κ2) is 15.9. The van der Waals surface area contributed by atoms with Gasteiger partial charge in [0.15, 0.2) is 0 Å². The maximum absolute atomic E-state index is 2.49. The van der Waals surface area contributed by atoms with Crippen LogP contribution in [0.2, 0.25) is 35.9 Å². The quantitative estimate of drug-likeness (QED) is 0.121. The first-order chi connectivity index (χ1) is 16.9. The zero-order valence-corrected chi connectivity index (χ0v) is 23.0. The maximum Gasteiger partial charge on any atom is 0.146 e. The first-order valence-corrected chi connectivity index (χ1v) is 16.6. The molecule has 0 aliphatic carbocycles. The summed E-state index contributed by atoms with van der Waals surface area (Å²) in [5.41, 5.74) is 0. The average Bonchev–Trinajstić information content (AvgIpc) is 2.83. The van der Waals surface area contributed by atoms with E-state index in [0.29, 0.717) is 0 Å². The smallest absolute Gasteiger partial charge is 0.0885 e. The van der Waals surface area contributed by atoms with Crippen LogP contribution in [0.3, 0.4) is 0 Å². The number of fused-ring (bicyclic) bond motifs is 4. The first kappa shape index (κ1) is 26.9. The Labute approximate surface area is 215 Å². The Morgan fingerprint density at radius 2 is 0.676 bits per heavy atom. The molecule has 0 atom stereocenters. The standard InChI is InChI=1S/C32H58B2/c1(3-5-7-9-11-13-27-33-29-19-15-20-30(33)22-16-21-29)2-4-6-8-10-12-14-28-34-31-23-17-24-32(34)26-18-25-31/h1-2,29-32H,3-28H2/b2-1-. The zero-order valence-electron chi connectivity index (χ0n) is 23.0. The van der Waals surface area contributed by atoms with E-state index in [0.717, 1.165) is 36.7 Å². The Balaban J connectivity index is 0.896. The average molecular weight is 464 g/mol. The lowest BCUT2D eigenvalue weighted by molar-refractivity contribution is 0.439. The SMILES string of the molecule is C(=C/CCCCCCCB1C2CCCC1CCC2)/CCCCCCCB1C2CCCC1CCC2. The van der Waals surface area contributed by atoms with Crippen molar-refractivity contribution in [3.8, 4) is 0 Å². The number of rotatable bonds is 16. The zero-order chi connectivity index (χ0) is 23.3. The van der Waals surface area contributed by atoms with Crippen LogP contribution >= 0.6 is 0 Å². The molecule has 0 aromatic heterocycles. The van der Waals surface area contributed by atoms with Gasteiger partial charge < -0.3 is 0 Å². The van der Waals surface area contributed by atoms with E-state index in [9.17, 15) is 0 Å². The van der Waals surface area contributed by atoms with Gasteiger partial charge in [0.2, 0.25) is 0 Å². The molecular weight excluding hydrogens is 406 g/mol. The van der Waals surface area contributed by atoms with Gasteiger partial charge in [-0.25, -0.2) is 0 Å². The summed E-state index contributed by atoms with van der Waals surface area (Å²) >= 11 is 0. The van der Waals surface area contributed by atoms with Crippen LogP contribution in [0.4, 0.5) is 0 Å². The van der Waals surface area contributed by atoms with Gasteiger partial charge in [0.25, 0.3) is 0 Å². The van der Waals surface area contributed by atoms with Crippen LogP contribution in [-0.4, -0.2) is 13.4 Å². The highest BCUT2D eigenvalue weighted by molar-refractivity contribution is 6.63. The van der Waals surface area contributed by atoms with Crippen molar-refractivity contribution in [1.29, 1.82) is 0 Å². The summed E-state index contributed by atoms with van der Waals surface area (Å²) in [5, 5.41) is 0. The third-order valence-corrected chi connectivity index (χ3v) is 11.0. The Kier molecular flexibility index (Phi) is 12.6. The van der Waals surface area contributed by atoms with Gasteiger partial charge in [0.05, 0.1) is 0 Å². The minimum absolute atomic E-state index is 1.12. The van der Waals surface area contributed by atoms with Crippen LogP contribution in [0.1, 0.15) is 154 Å². The Morgan fingerprint density at radius 1 is 0.382 bits per heavy atom. The van der Waals surface area contributed by atoms with Crippen molar-refractivity contribution in [1.82, 2.24) is 0 Å². The molecule has 4 rings (SSSR count). The van der Waals surface area contributed by atoms with Crippen LogP contribution in [0.25, 0.3) is 0 Å². The van der Waals surface area contributed by atoms with Gasteiger partial charge in [-0.1, -0.05) is 176 Å². The molecule has 0 unspecified atom stereocenters. The highest BCUT2D eigenvalue weighted by atomic mass is 14.3. The third-order valence-electron chi connectivity index (χ3n) is 11.0. The predicted octanol–water partition coefficient (Wildman–Crippen LogP) is 11.4. The number of unbranched alkanes of at least 4 members (excludes halogenated alkanes) is 10. The van der Waals surface area contributed by atoms with Crippen molar-refractivity contribution in [3.05, 3.63) is 12.2 Å². The lowest BCUT2D eigenvalue weighted by Crippen LogP contribution is -2.34. The van der Waals surface area contributed by atoms with Crippen LogP contribution in [0.15, 0.2) is 12.2 Å². The molecule has 0 radical (unpaired) electrons. The molecular formula is C32H58B2. The molecule has 0 aromatic rings. The highest BCUT2D eigenvalue weighted by Crippen LogP contribution is 2.49. The molecule has 2 heteroatoms. The summed E-state index contributed by atoms with van der Waals surface area (Å²) in [6, 6.07) is 0. The number of allylic oxidation sites excluding steroid dienone is 2. The minimum atomic E-state index is 1.12. The first-order valence-electron chi connectivity index (χ1n) is 16.6. The molecule has 0 nitrogen and oxygen atoms in total. The molecule has 4 bridgehead atoms. The monoisotopic (exact) mass is 464 g/mol. The fourth-order valence-corrected chi connectivity index (χ4v) is 9.15. The molecule has 4 aliphatic heterocycles. The predicted molar refractivity (Wildman–Crippen MR) is 156 cm³/mol. The van der Waals surface area contributed by atoms with Gasteiger partial charge >= 0.3 is 0 Å². The van der Waals surface area contributed by atoms with Gasteiger partial charge in [-0.3, -0.25) is 0 Å². The lowest BCUT2D eigenvalue weighted by atomic mass is 9.26. The van der Waals surface area contributed by atoms with Gasteiger partial charge in [-0.15, -0.1) is 0 Å². The molecule has 0 aromatic carbocycles. The van der Waals surface area contributed by atoms with E-state index < -0.39 is 0 Å². The molecule has 0 N–H and O–H groups in total. The number of hydrogen-bond donors (Lipinski definition) is 0. The van der Waals surface area contributed by atoms with E-state index >= 15 is 0 Å². The normalized spacial score (nSPS) is 29.2. The minimum Gasteiger partial charge on any atom is -0.0885 e. The second-order valence-electron chi connectivity index (χ2n) is 13.3. The third kappa shape index (κ3) is 8.76. The van der Waals surface area contributed by atoms with Crippen LogP contribution in [0.5, 0.6) is 0 Å². The molecule has 192 valence electrons. The largest absolute Gasteiger partial charge is 0.146 e. The lowest BCUT2D eigenvalue weighted by Gasteiger charge is -2.40. The molecule has 4 saturated heterocycles. The summed E-state index contributed by atoms with van der Waals surface area (Å²) < 4.78 is 0. The van der Waals surface area contributed by atoms with Gasteiger partial charge in [0, 0.05) is 0 Å². The highest BCUT2D eigenvalue weighted by Gasteiger charge is 2.39. The Bertz CT molecular complexity index is 465. The van der Waals surface area contributed by atoms with E-state index in [2.05, 4.69) is 12.2 Å². The molecule has 0 spiro atoms.